The minimum atomic E-state index is -1.13. The van der Waals surface area contributed by atoms with E-state index < -0.39 is 6.10 Å². The fourth-order valence-corrected chi connectivity index (χ4v) is 1.43. The molecule has 2 aromatic rings. The molecule has 4 N–H and O–H groups in total. The van der Waals surface area contributed by atoms with Crippen molar-refractivity contribution in [2.24, 2.45) is 0 Å². The molecule has 0 aromatic carbocycles. The van der Waals surface area contributed by atoms with Gasteiger partial charge in [0.2, 0.25) is 11.8 Å². The molecule has 1 unspecified atom stereocenters. The predicted octanol–water partition coefficient (Wildman–Crippen LogP) is -0.422. The van der Waals surface area contributed by atoms with Crippen LogP contribution in [-0.2, 0) is 0 Å². The maximum Gasteiger partial charge on any atom is 0.296 e. The Balaban J connectivity index is 2.00. The molecule has 0 radical (unpaired) electrons. The monoisotopic (exact) mass is 270 g/mol. The van der Waals surface area contributed by atoms with Crippen LogP contribution >= 0.6 is 0 Å². The lowest BCUT2D eigenvalue weighted by molar-refractivity contribution is 0.0537. The molecule has 2 heterocycles. The van der Waals surface area contributed by atoms with E-state index in [9.17, 15) is 10.2 Å². The summed E-state index contributed by atoms with van der Waals surface area (Å²) in [5.41, 5.74) is 0. The van der Waals surface area contributed by atoms with Crippen molar-refractivity contribution in [3.8, 4) is 17.8 Å². The van der Waals surface area contributed by atoms with E-state index in [1.165, 1.54) is 17.1 Å². The Hall–Kier alpha value is -2.42. The number of aromatic nitrogens is 4. The van der Waals surface area contributed by atoms with Gasteiger partial charge in [-0.2, -0.15) is 14.7 Å². The van der Waals surface area contributed by atoms with Crippen LogP contribution in [0.4, 0.5) is 0 Å². The standard InChI is InChI=1S/C10H14N4O5/c1-2-19-14-4-8(17)12-9(14)6(15)5-18-10-11-3-7(16)13-10/h3-4,6,15-17H,2,5H2,1H3,(H,11,13). The largest absolute Gasteiger partial charge is 0.493 e. The molecule has 9 heteroatoms. The van der Waals surface area contributed by atoms with Gasteiger partial charge in [0.05, 0.1) is 6.20 Å². The first-order valence-electron chi connectivity index (χ1n) is 5.56. The van der Waals surface area contributed by atoms with E-state index in [-0.39, 0.29) is 30.2 Å². The number of H-pyrrole nitrogens is 1. The molecular weight excluding hydrogens is 256 g/mol. The molecule has 9 nitrogen and oxygen atoms in total. The summed E-state index contributed by atoms with van der Waals surface area (Å²) in [4.78, 5) is 15.0. The molecule has 2 rings (SSSR count). The first-order chi connectivity index (χ1) is 9.10. The zero-order valence-corrected chi connectivity index (χ0v) is 10.1. The predicted molar refractivity (Wildman–Crippen MR) is 61.7 cm³/mol. The number of rotatable bonds is 6. The highest BCUT2D eigenvalue weighted by Gasteiger charge is 2.19. The number of aliphatic hydroxyl groups is 1. The van der Waals surface area contributed by atoms with E-state index in [2.05, 4.69) is 15.0 Å². The van der Waals surface area contributed by atoms with E-state index in [1.54, 1.807) is 6.92 Å². The second-order valence-electron chi connectivity index (χ2n) is 3.60. The normalized spacial score (nSPS) is 12.3. The lowest BCUT2D eigenvalue weighted by Crippen LogP contribution is -2.20. The van der Waals surface area contributed by atoms with Gasteiger partial charge in [-0.15, -0.1) is 0 Å². The van der Waals surface area contributed by atoms with Gasteiger partial charge in [0.1, 0.15) is 25.5 Å². The van der Waals surface area contributed by atoms with Crippen molar-refractivity contribution in [3.05, 3.63) is 18.2 Å². The third-order valence-corrected chi connectivity index (χ3v) is 2.17. The highest BCUT2D eigenvalue weighted by Crippen LogP contribution is 2.17. The lowest BCUT2D eigenvalue weighted by Gasteiger charge is -2.12. The summed E-state index contributed by atoms with van der Waals surface area (Å²) in [5.74, 6) is -0.300. The molecule has 0 aliphatic rings. The number of hydrogen-bond donors (Lipinski definition) is 4. The molecule has 2 aromatic heterocycles. The minimum Gasteiger partial charge on any atom is -0.493 e. The van der Waals surface area contributed by atoms with Crippen LogP contribution in [0.15, 0.2) is 12.4 Å². The van der Waals surface area contributed by atoms with Gasteiger partial charge >= 0.3 is 0 Å². The number of aliphatic hydroxyl groups excluding tert-OH is 1. The van der Waals surface area contributed by atoms with Crippen LogP contribution in [0, 0.1) is 0 Å². The second-order valence-corrected chi connectivity index (χ2v) is 3.60. The average molecular weight is 270 g/mol. The summed E-state index contributed by atoms with van der Waals surface area (Å²) in [6.45, 7) is 1.94. The van der Waals surface area contributed by atoms with Gasteiger partial charge in [0.25, 0.3) is 6.01 Å². The number of nitrogens with zero attached hydrogens (tertiary/aromatic N) is 3. The van der Waals surface area contributed by atoms with Crippen LogP contribution in [0.2, 0.25) is 0 Å². The highest BCUT2D eigenvalue weighted by molar-refractivity contribution is 5.10. The number of imidazole rings is 2. The fourth-order valence-electron chi connectivity index (χ4n) is 1.43. The molecule has 19 heavy (non-hydrogen) atoms. The molecule has 0 saturated heterocycles. The molecule has 0 amide bonds. The van der Waals surface area contributed by atoms with Crippen LogP contribution in [0.1, 0.15) is 18.9 Å². The first-order valence-corrected chi connectivity index (χ1v) is 5.56. The van der Waals surface area contributed by atoms with E-state index >= 15 is 0 Å². The van der Waals surface area contributed by atoms with Crippen LogP contribution in [0.5, 0.6) is 17.8 Å². The molecule has 0 spiro atoms. The van der Waals surface area contributed by atoms with Crippen molar-refractivity contribution in [3.63, 3.8) is 0 Å². The molecule has 104 valence electrons. The van der Waals surface area contributed by atoms with Gasteiger partial charge < -0.3 is 24.9 Å². The molecule has 0 aliphatic heterocycles. The summed E-state index contributed by atoms with van der Waals surface area (Å²) >= 11 is 0. The van der Waals surface area contributed by atoms with Crippen molar-refractivity contribution in [2.75, 3.05) is 13.2 Å². The Morgan fingerprint density at radius 1 is 1.47 bits per heavy atom. The zero-order chi connectivity index (χ0) is 13.8. The van der Waals surface area contributed by atoms with E-state index in [1.807, 2.05) is 0 Å². The van der Waals surface area contributed by atoms with E-state index in [4.69, 9.17) is 14.7 Å². The summed E-state index contributed by atoms with van der Waals surface area (Å²) in [5, 5.41) is 28.2. The van der Waals surface area contributed by atoms with Gasteiger partial charge in [-0.25, -0.2) is 0 Å². The number of hydrogen-bond acceptors (Lipinski definition) is 7. The minimum absolute atomic E-state index is 0.0651. The lowest BCUT2D eigenvalue weighted by atomic mass is 10.4. The van der Waals surface area contributed by atoms with Crippen LogP contribution in [0.3, 0.4) is 0 Å². The SMILES string of the molecule is CCOn1cc(O)nc1C(O)COc1ncc(O)[nH]1. The van der Waals surface area contributed by atoms with Gasteiger partial charge in [0, 0.05) is 0 Å². The second kappa shape index (κ2) is 5.48. The molecule has 0 aliphatic carbocycles. The van der Waals surface area contributed by atoms with Crippen LogP contribution in [-0.4, -0.2) is 48.2 Å². The number of aromatic amines is 1. The third-order valence-electron chi connectivity index (χ3n) is 2.17. The quantitative estimate of drug-likeness (QED) is 0.561. The van der Waals surface area contributed by atoms with E-state index in [0.29, 0.717) is 6.61 Å². The summed E-state index contributed by atoms with van der Waals surface area (Å²) in [6.07, 6.45) is 1.29. The summed E-state index contributed by atoms with van der Waals surface area (Å²) in [7, 11) is 0. The molecular formula is C10H14N4O5. The van der Waals surface area contributed by atoms with Crippen molar-refractivity contribution in [1.82, 2.24) is 19.7 Å². The van der Waals surface area contributed by atoms with Crippen LogP contribution < -0.4 is 9.57 Å². The third kappa shape index (κ3) is 3.07. The molecule has 0 saturated carbocycles. The smallest absolute Gasteiger partial charge is 0.296 e. The Kier molecular flexibility index (Phi) is 3.76. The summed E-state index contributed by atoms with van der Waals surface area (Å²) < 4.78 is 6.29. The first kappa shape index (κ1) is 13.0. The molecule has 0 fully saturated rings. The van der Waals surface area contributed by atoms with Gasteiger partial charge in [-0.05, 0) is 6.92 Å². The molecule has 1 atom stereocenters. The maximum absolute atomic E-state index is 9.91. The van der Waals surface area contributed by atoms with Crippen molar-refractivity contribution in [1.29, 1.82) is 0 Å². The Labute approximate surface area is 108 Å². The van der Waals surface area contributed by atoms with Gasteiger partial charge in [-0.1, -0.05) is 0 Å². The average Bonchev–Trinajstić information content (AvgIpc) is 2.93. The number of ether oxygens (including phenoxy) is 1. The number of aromatic hydroxyl groups is 2. The van der Waals surface area contributed by atoms with Crippen molar-refractivity contribution in [2.45, 2.75) is 13.0 Å². The van der Waals surface area contributed by atoms with Crippen LogP contribution in [0.25, 0.3) is 0 Å². The highest BCUT2D eigenvalue weighted by atomic mass is 16.7. The Morgan fingerprint density at radius 2 is 2.26 bits per heavy atom. The van der Waals surface area contributed by atoms with Gasteiger partial charge in [-0.3, -0.25) is 4.98 Å². The van der Waals surface area contributed by atoms with Gasteiger partial charge in [0.15, 0.2) is 5.82 Å². The Bertz CT molecular complexity index is 538. The summed E-state index contributed by atoms with van der Waals surface area (Å²) in [6, 6.07) is 0.0651. The molecule has 0 bridgehead atoms. The maximum atomic E-state index is 9.91. The Morgan fingerprint density at radius 3 is 2.89 bits per heavy atom. The topological polar surface area (TPSA) is 126 Å². The van der Waals surface area contributed by atoms with E-state index in [0.717, 1.165) is 0 Å². The van der Waals surface area contributed by atoms with Crippen molar-refractivity contribution >= 4 is 0 Å². The van der Waals surface area contributed by atoms with Crippen molar-refractivity contribution < 1.29 is 24.9 Å². The number of nitrogens with one attached hydrogen (secondary N) is 1. The zero-order valence-electron chi connectivity index (χ0n) is 10.1. The fraction of sp³-hybridized carbons (Fsp3) is 0.400.